The Morgan fingerprint density at radius 2 is 1.82 bits per heavy atom. The highest BCUT2D eigenvalue weighted by Crippen LogP contribution is 2.32. The third-order valence-electron chi connectivity index (χ3n) is 6.03. The number of piperazine rings is 1. The van der Waals surface area contributed by atoms with Crippen molar-refractivity contribution in [1.82, 2.24) is 15.1 Å². The quantitative estimate of drug-likeness (QED) is 0.252. The molecule has 0 atom stereocenters. The molecule has 0 spiro atoms. The van der Waals surface area contributed by atoms with Crippen molar-refractivity contribution in [3.05, 3.63) is 72.3 Å². The molecular formula is C25H27N6O2S+. The lowest BCUT2D eigenvalue weighted by molar-refractivity contribution is -0.825. The Balaban J connectivity index is 1.36. The Hall–Kier alpha value is -3.37. The van der Waals surface area contributed by atoms with E-state index in [4.69, 9.17) is 0 Å². The SMILES string of the molecule is CN1CCN(c2ccc(C(=O)Nc3n[nH]c4ccc(Sc5ccccc5)cc34)c([NH2+]O)c2)CC1. The molecule has 0 bridgehead atoms. The number of nitrogens with zero attached hydrogens (tertiary/aromatic N) is 3. The molecule has 1 aromatic heterocycles. The second-order valence-corrected chi connectivity index (χ2v) is 9.49. The van der Waals surface area contributed by atoms with Gasteiger partial charge in [0.15, 0.2) is 11.5 Å². The minimum Gasteiger partial charge on any atom is -0.369 e. The number of likely N-dealkylation sites (N-methyl/N-ethyl adjacent to an activating group) is 1. The third kappa shape index (κ3) is 4.78. The molecule has 1 aliphatic heterocycles. The molecule has 5 rings (SSSR count). The predicted octanol–water partition coefficient (Wildman–Crippen LogP) is 3.30. The molecule has 3 aromatic carbocycles. The van der Waals surface area contributed by atoms with Gasteiger partial charge in [-0.25, -0.2) is 5.21 Å². The highest BCUT2D eigenvalue weighted by atomic mass is 32.2. The van der Waals surface area contributed by atoms with Crippen molar-refractivity contribution >= 4 is 45.8 Å². The summed E-state index contributed by atoms with van der Waals surface area (Å²) >= 11 is 1.65. The molecule has 0 aliphatic carbocycles. The van der Waals surface area contributed by atoms with Crippen LogP contribution in [-0.4, -0.2) is 59.4 Å². The van der Waals surface area contributed by atoms with Gasteiger partial charge in [-0.1, -0.05) is 30.0 Å². The first-order valence-corrected chi connectivity index (χ1v) is 12.0. The number of carbonyl (C=O) groups excluding carboxylic acids is 1. The number of anilines is 2. The smallest absolute Gasteiger partial charge is 0.263 e. The summed E-state index contributed by atoms with van der Waals surface area (Å²) in [5.41, 5.74) is 3.71. The van der Waals surface area contributed by atoms with Crippen LogP contribution in [-0.2, 0) is 0 Å². The number of nitrogens with two attached hydrogens (primary N) is 1. The van der Waals surface area contributed by atoms with Crippen molar-refractivity contribution in [1.29, 1.82) is 0 Å². The summed E-state index contributed by atoms with van der Waals surface area (Å²) in [4.78, 5) is 19.9. The lowest BCUT2D eigenvalue weighted by atomic mass is 10.1. The summed E-state index contributed by atoms with van der Waals surface area (Å²) < 4.78 is 0. The van der Waals surface area contributed by atoms with E-state index < -0.39 is 0 Å². The number of H-pyrrole nitrogens is 1. The fourth-order valence-corrected chi connectivity index (χ4v) is 4.95. The molecule has 1 saturated heterocycles. The van der Waals surface area contributed by atoms with Crippen molar-refractivity contribution in [3.63, 3.8) is 0 Å². The number of hydrogen-bond donors (Lipinski definition) is 4. The van der Waals surface area contributed by atoms with Crippen LogP contribution in [0.2, 0.25) is 0 Å². The lowest BCUT2D eigenvalue weighted by Crippen LogP contribution is -2.74. The van der Waals surface area contributed by atoms with E-state index in [1.165, 1.54) is 0 Å². The third-order valence-corrected chi connectivity index (χ3v) is 7.03. The van der Waals surface area contributed by atoms with E-state index in [-0.39, 0.29) is 5.91 Å². The van der Waals surface area contributed by atoms with E-state index >= 15 is 0 Å². The highest BCUT2D eigenvalue weighted by molar-refractivity contribution is 7.99. The highest BCUT2D eigenvalue weighted by Gasteiger charge is 2.21. The average Bonchev–Trinajstić information content (AvgIpc) is 3.26. The normalized spacial score (nSPS) is 14.5. The number of quaternary nitrogens is 1. The number of fused-ring (bicyclic) bond motifs is 1. The Morgan fingerprint density at radius 3 is 2.59 bits per heavy atom. The topological polar surface area (TPSA) is 101 Å². The molecule has 174 valence electrons. The zero-order valence-corrected chi connectivity index (χ0v) is 19.7. The standard InChI is InChI=1S/C25H26N6O2S/c1-30-11-13-31(14-12-30)17-7-9-20(23(15-17)29-33)25(32)26-24-21-16-19(8-10-22(21)27-28-24)34-18-5-3-2-4-6-18/h2-10,15-16,29,33H,11-14H2,1H3,(H2,26,27,28,32)/p+1. The van der Waals surface area contributed by atoms with E-state index in [0.29, 0.717) is 17.1 Å². The fourth-order valence-electron chi connectivity index (χ4n) is 4.08. The molecular weight excluding hydrogens is 448 g/mol. The summed E-state index contributed by atoms with van der Waals surface area (Å²) in [6.07, 6.45) is 0. The molecule has 0 unspecified atom stereocenters. The lowest BCUT2D eigenvalue weighted by Gasteiger charge is -2.34. The van der Waals surface area contributed by atoms with E-state index in [1.807, 2.05) is 48.5 Å². The molecule has 4 aromatic rings. The maximum Gasteiger partial charge on any atom is 0.263 e. The van der Waals surface area contributed by atoms with Gasteiger partial charge in [-0.05, 0) is 49.5 Å². The van der Waals surface area contributed by atoms with Crippen molar-refractivity contribution in [3.8, 4) is 0 Å². The maximum absolute atomic E-state index is 13.1. The van der Waals surface area contributed by atoms with Crippen LogP contribution in [0.4, 0.5) is 17.2 Å². The van der Waals surface area contributed by atoms with Gasteiger partial charge in [0.1, 0.15) is 5.56 Å². The molecule has 1 fully saturated rings. The van der Waals surface area contributed by atoms with Gasteiger partial charge >= 0.3 is 0 Å². The number of carbonyl (C=O) groups is 1. The molecule has 5 N–H and O–H groups in total. The van der Waals surface area contributed by atoms with Gasteiger partial charge in [0.2, 0.25) is 0 Å². The summed E-state index contributed by atoms with van der Waals surface area (Å²) in [6.45, 7) is 3.79. The first-order chi connectivity index (χ1) is 16.6. The van der Waals surface area contributed by atoms with Crippen molar-refractivity contribution in [2.45, 2.75) is 9.79 Å². The second kappa shape index (κ2) is 9.86. The Morgan fingerprint density at radius 1 is 1.03 bits per heavy atom. The number of aromatic nitrogens is 2. The van der Waals surface area contributed by atoms with Gasteiger partial charge < -0.3 is 15.1 Å². The predicted molar refractivity (Wildman–Crippen MR) is 134 cm³/mol. The van der Waals surface area contributed by atoms with Gasteiger partial charge in [0.25, 0.3) is 5.91 Å². The molecule has 8 nitrogen and oxygen atoms in total. The van der Waals surface area contributed by atoms with Gasteiger partial charge in [-0.2, -0.15) is 10.6 Å². The molecule has 34 heavy (non-hydrogen) atoms. The molecule has 9 heteroatoms. The first kappa shape index (κ1) is 22.4. The monoisotopic (exact) mass is 475 g/mol. The molecule has 1 aliphatic rings. The average molecular weight is 476 g/mol. The number of aromatic amines is 1. The van der Waals surface area contributed by atoms with Crippen LogP contribution in [0.5, 0.6) is 0 Å². The van der Waals surface area contributed by atoms with E-state index in [9.17, 15) is 10.0 Å². The molecule has 0 saturated carbocycles. The number of benzene rings is 3. The van der Waals surface area contributed by atoms with Crippen LogP contribution in [0.25, 0.3) is 10.9 Å². The zero-order valence-electron chi connectivity index (χ0n) is 18.9. The zero-order chi connectivity index (χ0) is 23.5. The minimum absolute atomic E-state index is 0.320. The Labute approximate surface area is 201 Å². The van der Waals surface area contributed by atoms with Crippen LogP contribution in [0.3, 0.4) is 0 Å². The maximum atomic E-state index is 13.1. The number of nitrogens with one attached hydrogen (secondary N) is 2. The summed E-state index contributed by atoms with van der Waals surface area (Å²) in [7, 11) is 2.11. The molecule has 1 amide bonds. The number of amides is 1. The van der Waals surface area contributed by atoms with E-state index in [0.717, 1.165) is 58.0 Å². The molecule has 2 heterocycles. The molecule has 0 radical (unpaired) electrons. The van der Waals surface area contributed by atoms with Gasteiger partial charge in [-0.3, -0.25) is 9.89 Å². The van der Waals surface area contributed by atoms with E-state index in [2.05, 4.69) is 44.5 Å². The van der Waals surface area contributed by atoms with Gasteiger partial charge in [-0.15, -0.1) is 0 Å². The van der Waals surface area contributed by atoms with Crippen molar-refractivity contribution in [2.24, 2.45) is 0 Å². The number of rotatable bonds is 6. The van der Waals surface area contributed by atoms with Gasteiger partial charge in [0, 0.05) is 53.1 Å². The Kier molecular flexibility index (Phi) is 6.50. The van der Waals surface area contributed by atoms with Gasteiger partial charge in [0.05, 0.1) is 5.52 Å². The Bertz CT molecular complexity index is 1300. The summed E-state index contributed by atoms with van der Waals surface area (Å²) in [5.74, 6) is 0.141. The van der Waals surface area contributed by atoms with Crippen LogP contribution in [0, 0.1) is 0 Å². The van der Waals surface area contributed by atoms with Crippen molar-refractivity contribution in [2.75, 3.05) is 43.4 Å². The fraction of sp³-hybridized carbons (Fsp3) is 0.200. The van der Waals surface area contributed by atoms with E-state index in [1.54, 1.807) is 17.8 Å². The second-order valence-electron chi connectivity index (χ2n) is 8.34. The van der Waals surface area contributed by atoms with Crippen LogP contribution < -0.4 is 15.7 Å². The number of hydrogen-bond acceptors (Lipinski definition) is 6. The first-order valence-electron chi connectivity index (χ1n) is 11.2. The van der Waals surface area contributed by atoms with Crippen LogP contribution in [0.1, 0.15) is 10.4 Å². The van der Waals surface area contributed by atoms with Crippen molar-refractivity contribution < 1.29 is 15.5 Å². The minimum atomic E-state index is -0.320. The summed E-state index contributed by atoms with van der Waals surface area (Å²) in [6, 6.07) is 21.7. The summed E-state index contributed by atoms with van der Waals surface area (Å²) in [5, 5.41) is 20.9. The van der Waals surface area contributed by atoms with Crippen LogP contribution in [0.15, 0.2) is 76.5 Å². The van der Waals surface area contributed by atoms with Crippen LogP contribution >= 0.6 is 11.8 Å². The largest absolute Gasteiger partial charge is 0.369 e.